The number of nitrogens with zero attached hydrogens (tertiary/aromatic N) is 2. The van der Waals surface area contributed by atoms with Crippen LogP contribution in [0, 0.1) is 0 Å². The molecule has 5 nitrogen and oxygen atoms in total. The van der Waals surface area contributed by atoms with Gasteiger partial charge < -0.3 is 14.6 Å². The third-order valence-electron chi connectivity index (χ3n) is 6.03. The first kappa shape index (κ1) is 18.0. The molecule has 5 heteroatoms. The third-order valence-corrected chi connectivity index (χ3v) is 6.03. The Bertz CT molecular complexity index is 1080. The van der Waals surface area contributed by atoms with Gasteiger partial charge in [0.15, 0.2) is 5.72 Å². The van der Waals surface area contributed by atoms with Crippen molar-refractivity contribution < 1.29 is 9.53 Å². The molecule has 0 unspecified atom stereocenters. The number of para-hydroxylation sites is 2. The molecule has 1 fully saturated rings. The molecular weight excluding hydrogens is 362 g/mol. The van der Waals surface area contributed by atoms with E-state index >= 15 is 0 Å². The Morgan fingerprint density at radius 3 is 2.69 bits per heavy atom. The fourth-order valence-corrected chi connectivity index (χ4v) is 4.53. The molecule has 0 atom stereocenters. The summed E-state index contributed by atoms with van der Waals surface area (Å²) in [7, 11) is 0. The Morgan fingerprint density at radius 2 is 1.86 bits per heavy atom. The van der Waals surface area contributed by atoms with E-state index in [1.165, 1.54) is 16.5 Å². The maximum atomic E-state index is 12.5. The molecule has 148 valence electrons. The molecule has 3 heterocycles. The second-order valence-corrected chi connectivity index (χ2v) is 7.94. The smallest absolute Gasteiger partial charge is 0.258 e. The lowest BCUT2D eigenvalue weighted by atomic mass is 9.96. The van der Waals surface area contributed by atoms with Crippen molar-refractivity contribution in [2.75, 3.05) is 13.1 Å². The number of rotatable bonds is 4. The van der Waals surface area contributed by atoms with Crippen LogP contribution in [0.2, 0.25) is 0 Å². The topological polar surface area (TPSA) is 46.5 Å². The van der Waals surface area contributed by atoms with Gasteiger partial charge in [0.25, 0.3) is 5.91 Å². The summed E-state index contributed by atoms with van der Waals surface area (Å²) >= 11 is 0. The zero-order valence-electron chi connectivity index (χ0n) is 16.4. The molecule has 2 aliphatic heterocycles. The van der Waals surface area contributed by atoms with E-state index in [4.69, 9.17) is 4.74 Å². The molecular formula is C24H25N3O2. The lowest BCUT2D eigenvalue weighted by Crippen LogP contribution is -2.60. The second kappa shape index (κ2) is 7.08. The molecule has 1 saturated heterocycles. The monoisotopic (exact) mass is 387 g/mol. The van der Waals surface area contributed by atoms with Crippen LogP contribution in [0.5, 0.6) is 5.75 Å². The second-order valence-electron chi connectivity index (χ2n) is 7.94. The first-order chi connectivity index (χ1) is 14.2. The maximum absolute atomic E-state index is 12.5. The first-order valence-electron chi connectivity index (χ1n) is 10.2. The highest BCUT2D eigenvalue weighted by atomic mass is 16.5. The van der Waals surface area contributed by atoms with Crippen molar-refractivity contribution in [1.29, 1.82) is 0 Å². The molecule has 1 aromatic heterocycles. The van der Waals surface area contributed by atoms with Gasteiger partial charge >= 0.3 is 0 Å². The number of allylic oxidation sites excluding steroid dienone is 1. The largest absolute Gasteiger partial charge is 0.467 e. The summed E-state index contributed by atoms with van der Waals surface area (Å²) < 4.78 is 8.52. The van der Waals surface area contributed by atoms with E-state index in [1.807, 2.05) is 30.3 Å². The SMILES string of the molecule is C=CCn1cc(CN2CCC3(CC2)NC(=O)c2ccccc2O3)c2ccccc21. The first-order valence-corrected chi connectivity index (χ1v) is 10.2. The minimum atomic E-state index is -0.585. The number of carbonyl (C=O) groups is 1. The highest BCUT2D eigenvalue weighted by molar-refractivity contribution is 5.98. The predicted octanol–water partition coefficient (Wildman–Crippen LogP) is 3.94. The summed E-state index contributed by atoms with van der Waals surface area (Å²) in [5, 5.41) is 4.42. The molecule has 0 radical (unpaired) electrons. The quantitative estimate of drug-likeness (QED) is 0.690. The normalized spacial score (nSPS) is 18.3. The van der Waals surface area contributed by atoms with Crippen molar-refractivity contribution >= 4 is 16.8 Å². The fourth-order valence-electron chi connectivity index (χ4n) is 4.53. The third kappa shape index (κ3) is 3.21. The number of fused-ring (bicyclic) bond motifs is 2. The molecule has 0 aliphatic carbocycles. The average Bonchev–Trinajstić information content (AvgIpc) is 3.08. The number of hydrogen-bond acceptors (Lipinski definition) is 3. The van der Waals surface area contributed by atoms with Crippen molar-refractivity contribution in [3.05, 3.63) is 78.5 Å². The van der Waals surface area contributed by atoms with E-state index in [0.717, 1.165) is 39.0 Å². The van der Waals surface area contributed by atoms with Crippen LogP contribution in [0.25, 0.3) is 10.9 Å². The number of benzene rings is 2. The zero-order chi connectivity index (χ0) is 19.8. The van der Waals surface area contributed by atoms with Crippen molar-refractivity contribution in [1.82, 2.24) is 14.8 Å². The number of nitrogens with one attached hydrogen (secondary N) is 1. The number of hydrogen-bond donors (Lipinski definition) is 1. The summed E-state index contributed by atoms with van der Waals surface area (Å²) in [5.74, 6) is 0.657. The van der Waals surface area contributed by atoms with E-state index in [9.17, 15) is 4.79 Å². The van der Waals surface area contributed by atoms with Gasteiger partial charge in [-0.05, 0) is 23.8 Å². The predicted molar refractivity (Wildman–Crippen MR) is 114 cm³/mol. The Kier molecular flexibility index (Phi) is 4.40. The van der Waals surface area contributed by atoms with Crippen LogP contribution >= 0.6 is 0 Å². The van der Waals surface area contributed by atoms with E-state index in [1.54, 1.807) is 0 Å². The lowest BCUT2D eigenvalue weighted by Gasteiger charge is -2.44. The van der Waals surface area contributed by atoms with Crippen LogP contribution in [-0.2, 0) is 13.1 Å². The highest BCUT2D eigenvalue weighted by Gasteiger charge is 2.42. The summed E-state index contributed by atoms with van der Waals surface area (Å²) in [5.41, 5.74) is 2.61. The number of amides is 1. The molecule has 0 bridgehead atoms. The van der Waals surface area contributed by atoms with E-state index in [2.05, 4.69) is 51.8 Å². The van der Waals surface area contributed by atoms with Gasteiger partial charge in [0, 0.05) is 56.1 Å². The zero-order valence-corrected chi connectivity index (χ0v) is 16.4. The van der Waals surface area contributed by atoms with Crippen LogP contribution in [-0.4, -0.2) is 34.2 Å². The molecule has 2 aliphatic rings. The average molecular weight is 387 g/mol. The summed E-state index contributed by atoms with van der Waals surface area (Å²) in [6.45, 7) is 7.34. The summed E-state index contributed by atoms with van der Waals surface area (Å²) in [6.07, 6.45) is 5.73. The van der Waals surface area contributed by atoms with E-state index < -0.39 is 5.72 Å². The van der Waals surface area contributed by atoms with Crippen molar-refractivity contribution in [2.24, 2.45) is 0 Å². The molecule has 1 amide bonds. The maximum Gasteiger partial charge on any atom is 0.258 e. The fraction of sp³-hybridized carbons (Fsp3) is 0.292. The molecule has 2 aromatic carbocycles. The van der Waals surface area contributed by atoms with Gasteiger partial charge in [0.2, 0.25) is 0 Å². The molecule has 1 N–H and O–H groups in total. The summed E-state index contributed by atoms with van der Waals surface area (Å²) in [6, 6.07) is 16.0. The van der Waals surface area contributed by atoms with Crippen molar-refractivity contribution in [2.45, 2.75) is 31.7 Å². The Balaban J connectivity index is 1.32. The van der Waals surface area contributed by atoms with Gasteiger partial charge in [0.1, 0.15) is 5.75 Å². The van der Waals surface area contributed by atoms with Crippen LogP contribution < -0.4 is 10.1 Å². The van der Waals surface area contributed by atoms with Crippen LogP contribution in [0.4, 0.5) is 0 Å². The number of piperidine rings is 1. The van der Waals surface area contributed by atoms with Gasteiger partial charge in [0.05, 0.1) is 5.56 Å². The van der Waals surface area contributed by atoms with Gasteiger partial charge in [-0.15, -0.1) is 6.58 Å². The summed E-state index contributed by atoms with van der Waals surface area (Å²) in [4.78, 5) is 15.0. The number of carbonyl (C=O) groups excluding carboxylic acids is 1. The number of ether oxygens (including phenoxy) is 1. The Labute approximate surface area is 170 Å². The minimum Gasteiger partial charge on any atom is -0.467 e. The molecule has 29 heavy (non-hydrogen) atoms. The standard InChI is InChI=1S/C24H25N3O2/c1-2-13-27-17-18(19-7-3-5-9-21(19)27)16-26-14-11-24(12-15-26)25-23(28)20-8-4-6-10-22(20)29-24/h2-10,17H,1,11-16H2,(H,25,28). The minimum absolute atomic E-state index is 0.0344. The molecule has 5 rings (SSSR count). The highest BCUT2D eigenvalue weighted by Crippen LogP contribution is 2.34. The van der Waals surface area contributed by atoms with Gasteiger partial charge in [-0.25, -0.2) is 0 Å². The van der Waals surface area contributed by atoms with E-state index in [0.29, 0.717) is 11.3 Å². The Morgan fingerprint density at radius 1 is 1.10 bits per heavy atom. The Hall–Kier alpha value is -3.05. The molecule has 3 aromatic rings. The number of likely N-dealkylation sites (tertiary alicyclic amines) is 1. The molecule has 0 saturated carbocycles. The number of aromatic nitrogens is 1. The van der Waals surface area contributed by atoms with E-state index in [-0.39, 0.29) is 5.91 Å². The van der Waals surface area contributed by atoms with Crippen LogP contribution in [0.15, 0.2) is 67.4 Å². The van der Waals surface area contributed by atoms with Crippen LogP contribution in [0.1, 0.15) is 28.8 Å². The van der Waals surface area contributed by atoms with Gasteiger partial charge in [-0.2, -0.15) is 0 Å². The van der Waals surface area contributed by atoms with Gasteiger partial charge in [-0.1, -0.05) is 36.4 Å². The lowest BCUT2D eigenvalue weighted by molar-refractivity contribution is -0.0303. The molecule has 1 spiro atoms. The van der Waals surface area contributed by atoms with Gasteiger partial charge in [-0.3, -0.25) is 9.69 Å². The van der Waals surface area contributed by atoms with Crippen LogP contribution in [0.3, 0.4) is 0 Å². The van der Waals surface area contributed by atoms with Crippen molar-refractivity contribution in [3.63, 3.8) is 0 Å². The van der Waals surface area contributed by atoms with Crippen molar-refractivity contribution in [3.8, 4) is 5.75 Å².